The number of fused-ring (bicyclic) bond motifs is 1. The molecule has 1 amide bonds. The van der Waals surface area contributed by atoms with Crippen molar-refractivity contribution in [1.82, 2.24) is 9.55 Å². The van der Waals surface area contributed by atoms with Crippen molar-refractivity contribution in [3.05, 3.63) is 73.7 Å². The number of nitro benzene ring substituents is 1. The van der Waals surface area contributed by atoms with E-state index in [1.165, 1.54) is 35.2 Å². The molecule has 1 heterocycles. The van der Waals surface area contributed by atoms with Gasteiger partial charge < -0.3 is 5.32 Å². The zero-order chi connectivity index (χ0) is 18.0. The van der Waals surface area contributed by atoms with E-state index in [0.717, 1.165) is 4.47 Å². The summed E-state index contributed by atoms with van der Waals surface area (Å²) in [5.74, 6) is -0.487. The van der Waals surface area contributed by atoms with Crippen molar-refractivity contribution in [2.24, 2.45) is 0 Å². The van der Waals surface area contributed by atoms with Crippen LogP contribution in [0.5, 0.6) is 0 Å². The van der Waals surface area contributed by atoms with Crippen LogP contribution in [0.2, 0.25) is 0 Å². The highest BCUT2D eigenvalue weighted by molar-refractivity contribution is 9.10. The summed E-state index contributed by atoms with van der Waals surface area (Å²) in [5, 5.41) is 13.7. The molecule has 0 aliphatic carbocycles. The highest BCUT2D eigenvalue weighted by atomic mass is 79.9. The van der Waals surface area contributed by atoms with Gasteiger partial charge in [0.1, 0.15) is 6.54 Å². The van der Waals surface area contributed by atoms with Gasteiger partial charge in [0, 0.05) is 22.3 Å². The largest absolute Gasteiger partial charge is 0.324 e. The molecule has 126 valence electrons. The number of nitrogens with zero attached hydrogens (tertiary/aromatic N) is 3. The monoisotopic (exact) mass is 402 g/mol. The maximum Gasteiger partial charge on any atom is 0.271 e. The minimum Gasteiger partial charge on any atom is -0.324 e. The number of hydrogen-bond donors (Lipinski definition) is 1. The van der Waals surface area contributed by atoms with Crippen molar-refractivity contribution in [3.8, 4) is 0 Å². The van der Waals surface area contributed by atoms with Gasteiger partial charge in [0.15, 0.2) is 0 Å². The van der Waals surface area contributed by atoms with Crippen LogP contribution >= 0.6 is 15.9 Å². The van der Waals surface area contributed by atoms with Crippen molar-refractivity contribution < 1.29 is 9.72 Å². The first-order chi connectivity index (χ1) is 11.9. The lowest BCUT2D eigenvalue weighted by Crippen LogP contribution is -2.27. The molecule has 0 radical (unpaired) electrons. The molecular formula is C16H11BrN4O4. The van der Waals surface area contributed by atoms with Crippen LogP contribution in [-0.2, 0) is 11.3 Å². The number of nitro groups is 1. The Bertz CT molecular complexity index is 1050. The molecule has 1 N–H and O–H groups in total. The van der Waals surface area contributed by atoms with Crippen LogP contribution in [0.25, 0.3) is 10.9 Å². The van der Waals surface area contributed by atoms with Gasteiger partial charge in [-0.15, -0.1) is 0 Å². The van der Waals surface area contributed by atoms with Crippen LogP contribution in [0, 0.1) is 10.1 Å². The zero-order valence-electron chi connectivity index (χ0n) is 12.7. The van der Waals surface area contributed by atoms with Crippen LogP contribution < -0.4 is 10.9 Å². The lowest BCUT2D eigenvalue weighted by molar-refractivity contribution is -0.384. The summed E-state index contributed by atoms with van der Waals surface area (Å²) in [5.41, 5.74) is 0.333. The van der Waals surface area contributed by atoms with E-state index in [0.29, 0.717) is 10.9 Å². The summed E-state index contributed by atoms with van der Waals surface area (Å²) in [4.78, 5) is 39.0. The molecule has 8 nitrogen and oxygen atoms in total. The van der Waals surface area contributed by atoms with Crippen LogP contribution in [0.1, 0.15) is 0 Å². The van der Waals surface area contributed by atoms with Gasteiger partial charge in [-0.05, 0) is 24.3 Å². The lowest BCUT2D eigenvalue weighted by Gasteiger charge is -2.08. The minimum atomic E-state index is -0.550. The molecule has 0 spiro atoms. The first-order valence-corrected chi connectivity index (χ1v) is 7.92. The summed E-state index contributed by atoms with van der Waals surface area (Å²) < 4.78 is 1.92. The molecule has 0 aliphatic rings. The molecule has 0 saturated carbocycles. The zero-order valence-corrected chi connectivity index (χ0v) is 14.3. The number of carbonyl (C=O) groups excluding carboxylic acids is 1. The van der Waals surface area contributed by atoms with E-state index in [2.05, 4.69) is 26.2 Å². The van der Waals surface area contributed by atoms with Crippen molar-refractivity contribution in [2.45, 2.75) is 6.54 Å². The maximum atomic E-state index is 12.4. The average Bonchev–Trinajstić information content (AvgIpc) is 2.58. The highest BCUT2D eigenvalue weighted by Gasteiger charge is 2.11. The molecular weight excluding hydrogens is 392 g/mol. The molecule has 3 rings (SSSR count). The molecule has 0 saturated heterocycles. The number of non-ortho nitro benzene ring substituents is 1. The molecule has 0 unspecified atom stereocenters. The Morgan fingerprint density at radius 3 is 2.84 bits per heavy atom. The molecule has 0 bridgehead atoms. The standard InChI is InChI=1S/C16H11BrN4O4/c17-10-4-5-14-13(6-10)16(23)20(9-18-14)8-15(22)19-11-2-1-3-12(7-11)21(24)25/h1-7,9H,8H2,(H,19,22). The second-order valence-electron chi connectivity index (χ2n) is 5.19. The molecule has 0 fully saturated rings. The Labute approximate surface area is 149 Å². The smallest absolute Gasteiger partial charge is 0.271 e. The van der Waals surface area contributed by atoms with Crippen molar-refractivity contribution in [1.29, 1.82) is 0 Å². The second kappa shape index (κ2) is 6.81. The average molecular weight is 403 g/mol. The number of aromatic nitrogens is 2. The first-order valence-electron chi connectivity index (χ1n) is 7.13. The summed E-state index contributed by atoms with van der Waals surface area (Å²) >= 11 is 3.29. The Kier molecular flexibility index (Phi) is 4.57. The van der Waals surface area contributed by atoms with E-state index in [1.54, 1.807) is 18.2 Å². The van der Waals surface area contributed by atoms with Crippen LogP contribution in [0.15, 0.2) is 58.1 Å². The third kappa shape index (κ3) is 3.72. The van der Waals surface area contributed by atoms with E-state index in [4.69, 9.17) is 0 Å². The number of hydrogen-bond acceptors (Lipinski definition) is 5. The van der Waals surface area contributed by atoms with E-state index in [1.807, 2.05) is 0 Å². The summed E-state index contributed by atoms with van der Waals surface area (Å²) in [6.07, 6.45) is 1.30. The van der Waals surface area contributed by atoms with Gasteiger partial charge in [-0.3, -0.25) is 24.3 Å². The number of halogens is 1. The van der Waals surface area contributed by atoms with E-state index in [-0.39, 0.29) is 23.5 Å². The van der Waals surface area contributed by atoms with Gasteiger partial charge in [0.25, 0.3) is 11.2 Å². The predicted octanol–water partition coefficient (Wildman–Crippen LogP) is 2.71. The summed E-state index contributed by atoms with van der Waals surface area (Å²) in [7, 11) is 0. The molecule has 9 heteroatoms. The molecule has 25 heavy (non-hydrogen) atoms. The quantitative estimate of drug-likeness (QED) is 0.533. The fourth-order valence-electron chi connectivity index (χ4n) is 2.30. The first kappa shape index (κ1) is 16.8. The summed E-state index contributed by atoms with van der Waals surface area (Å²) in [6.45, 7) is -0.253. The SMILES string of the molecule is O=C(Cn1cnc2ccc(Br)cc2c1=O)Nc1cccc([N+](=O)[O-])c1. The van der Waals surface area contributed by atoms with Crippen LogP contribution in [0.3, 0.4) is 0 Å². The van der Waals surface area contributed by atoms with E-state index < -0.39 is 10.8 Å². The van der Waals surface area contributed by atoms with Gasteiger partial charge in [-0.1, -0.05) is 22.0 Å². The van der Waals surface area contributed by atoms with Gasteiger partial charge in [-0.25, -0.2) is 4.98 Å². The van der Waals surface area contributed by atoms with Crippen LogP contribution in [0.4, 0.5) is 11.4 Å². The molecule has 2 aromatic carbocycles. The third-order valence-corrected chi connectivity index (χ3v) is 3.93. The van der Waals surface area contributed by atoms with Crippen LogP contribution in [-0.4, -0.2) is 20.4 Å². The van der Waals surface area contributed by atoms with Crippen molar-refractivity contribution >= 4 is 44.1 Å². The molecule has 1 aromatic heterocycles. The number of benzene rings is 2. The lowest BCUT2D eigenvalue weighted by atomic mass is 10.2. The Hall–Kier alpha value is -3.07. The van der Waals surface area contributed by atoms with Gasteiger partial charge in [0.2, 0.25) is 5.91 Å². The Morgan fingerprint density at radius 1 is 1.28 bits per heavy atom. The van der Waals surface area contributed by atoms with Crippen molar-refractivity contribution in [2.75, 3.05) is 5.32 Å². The number of rotatable bonds is 4. The minimum absolute atomic E-state index is 0.132. The van der Waals surface area contributed by atoms with Gasteiger partial charge in [0.05, 0.1) is 22.2 Å². The number of nitrogens with one attached hydrogen (secondary N) is 1. The number of amides is 1. The molecule has 3 aromatic rings. The van der Waals surface area contributed by atoms with Gasteiger partial charge >= 0.3 is 0 Å². The molecule has 0 atom stereocenters. The maximum absolute atomic E-state index is 12.4. The number of carbonyl (C=O) groups is 1. The Morgan fingerprint density at radius 2 is 2.08 bits per heavy atom. The second-order valence-corrected chi connectivity index (χ2v) is 6.11. The summed E-state index contributed by atoms with van der Waals surface area (Å²) in [6, 6.07) is 10.7. The normalized spacial score (nSPS) is 10.6. The Balaban J connectivity index is 1.83. The third-order valence-electron chi connectivity index (χ3n) is 3.44. The highest BCUT2D eigenvalue weighted by Crippen LogP contribution is 2.17. The fraction of sp³-hybridized carbons (Fsp3) is 0.0625. The van der Waals surface area contributed by atoms with Gasteiger partial charge in [-0.2, -0.15) is 0 Å². The predicted molar refractivity (Wildman–Crippen MR) is 95.4 cm³/mol. The number of anilines is 1. The fourth-order valence-corrected chi connectivity index (χ4v) is 2.66. The van der Waals surface area contributed by atoms with Crippen molar-refractivity contribution in [3.63, 3.8) is 0 Å². The molecule has 0 aliphatic heterocycles. The van der Waals surface area contributed by atoms with E-state index in [9.17, 15) is 19.7 Å². The van der Waals surface area contributed by atoms with E-state index >= 15 is 0 Å². The topological polar surface area (TPSA) is 107 Å².